The maximum atomic E-state index is 10.6. The van der Waals surface area contributed by atoms with Crippen LogP contribution in [0.2, 0.25) is 0 Å². The van der Waals surface area contributed by atoms with Crippen molar-refractivity contribution in [2.75, 3.05) is 106 Å². The summed E-state index contributed by atoms with van der Waals surface area (Å²) in [4.78, 5) is 21.2. The molecule has 0 N–H and O–H groups in total. The first kappa shape index (κ1) is 34.3. The lowest BCUT2D eigenvalue weighted by Gasteiger charge is -2.09. The maximum absolute atomic E-state index is 10.6. The zero-order chi connectivity index (χ0) is 29.1. The van der Waals surface area contributed by atoms with Gasteiger partial charge in [-0.15, -0.1) is 0 Å². The first-order valence-electron chi connectivity index (χ1n) is 13.7. The molecule has 0 radical (unpaired) electrons. The highest BCUT2D eigenvalue weighted by atomic mass is 16.6. The van der Waals surface area contributed by atoms with E-state index >= 15 is 0 Å². The second kappa shape index (κ2) is 24.9. The first-order chi connectivity index (χ1) is 20.3. The van der Waals surface area contributed by atoms with Crippen molar-refractivity contribution in [2.24, 2.45) is 0 Å². The van der Waals surface area contributed by atoms with E-state index in [4.69, 9.17) is 42.6 Å². The van der Waals surface area contributed by atoms with Crippen molar-refractivity contribution in [2.45, 2.75) is 0 Å². The summed E-state index contributed by atoms with van der Waals surface area (Å²) in [7, 11) is 0. The molecule has 2 aromatic carbocycles. The SMILES string of the molecule is O=Cc1ccc(OCCOCCOCCOCCOCCOCCOCCOCCOc2ccc(C=O)cc2)cc1. The van der Waals surface area contributed by atoms with Crippen LogP contribution < -0.4 is 9.47 Å². The van der Waals surface area contributed by atoms with Gasteiger partial charge in [-0.2, -0.15) is 0 Å². The Balaban J connectivity index is 1.20. The van der Waals surface area contributed by atoms with Crippen LogP contribution in [0.5, 0.6) is 11.5 Å². The van der Waals surface area contributed by atoms with Crippen LogP contribution in [0.25, 0.3) is 0 Å². The summed E-state index contributed by atoms with van der Waals surface area (Å²) in [6.07, 6.45) is 1.59. The maximum Gasteiger partial charge on any atom is 0.150 e. The quantitative estimate of drug-likeness (QED) is 0.110. The third kappa shape index (κ3) is 19.0. The molecule has 11 heteroatoms. The molecule has 0 fully saturated rings. The van der Waals surface area contributed by atoms with Gasteiger partial charge < -0.3 is 42.6 Å². The highest BCUT2D eigenvalue weighted by Crippen LogP contribution is 2.11. The van der Waals surface area contributed by atoms with E-state index in [1.54, 1.807) is 48.5 Å². The Morgan fingerprint density at radius 3 is 0.780 bits per heavy atom. The van der Waals surface area contributed by atoms with E-state index in [1.807, 2.05) is 0 Å². The topological polar surface area (TPSA) is 117 Å². The molecule has 0 heterocycles. The lowest BCUT2D eigenvalue weighted by atomic mass is 10.2. The minimum atomic E-state index is 0.429. The van der Waals surface area contributed by atoms with Crippen molar-refractivity contribution in [1.29, 1.82) is 0 Å². The molecule has 0 aliphatic carbocycles. The summed E-state index contributed by atoms with van der Waals surface area (Å²) in [5.41, 5.74) is 1.23. The van der Waals surface area contributed by atoms with Crippen LogP contribution in [-0.4, -0.2) is 118 Å². The molecule has 0 atom stereocenters. The molecule has 0 aliphatic heterocycles. The molecule has 0 spiro atoms. The third-order valence-electron chi connectivity index (χ3n) is 5.26. The normalized spacial score (nSPS) is 10.9. The summed E-state index contributed by atoms with van der Waals surface area (Å²) >= 11 is 0. The van der Waals surface area contributed by atoms with E-state index in [2.05, 4.69) is 0 Å². The van der Waals surface area contributed by atoms with Gasteiger partial charge in [0.2, 0.25) is 0 Å². The van der Waals surface area contributed by atoms with Gasteiger partial charge in [0.05, 0.1) is 92.5 Å². The Labute approximate surface area is 241 Å². The van der Waals surface area contributed by atoms with Crippen LogP contribution in [0.1, 0.15) is 20.7 Å². The van der Waals surface area contributed by atoms with Crippen LogP contribution >= 0.6 is 0 Å². The summed E-state index contributed by atoms with van der Waals surface area (Å²) in [5.74, 6) is 1.40. The van der Waals surface area contributed by atoms with Gasteiger partial charge in [0.15, 0.2) is 0 Å². The molecule has 41 heavy (non-hydrogen) atoms. The van der Waals surface area contributed by atoms with Crippen molar-refractivity contribution >= 4 is 12.6 Å². The highest BCUT2D eigenvalue weighted by Gasteiger charge is 1.98. The standard InChI is InChI=1S/C30H42O11/c31-25-27-1-5-29(6-2-27)40-23-21-38-19-17-36-15-13-34-11-9-33-10-12-35-14-16-37-18-20-39-22-24-41-30-7-3-28(26-32)4-8-30/h1-8,25-26H,9-24H2. The average molecular weight is 579 g/mol. The Morgan fingerprint density at radius 1 is 0.341 bits per heavy atom. The van der Waals surface area contributed by atoms with Crippen molar-refractivity contribution in [3.05, 3.63) is 59.7 Å². The van der Waals surface area contributed by atoms with E-state index in [1.165, 1.54) is 0 Å². The highest BCUT2D eigenvalue weighted by molar-refractivity contribution is 5.75. The van der Waals surface area contributed by atoms with Gasteiger partial charge in [-0.05, 0) is 48.5 Å². The van der Waals surface area contributed by atoms with Crippen molar-refractivity contribution in [1.82, 2.24) is 0 Å². The molecule has 0 aliphatic rings. The fourth-order valence-electron chi connectivity index (χ4n) is 3.14. The number of rotatable bonds is 28. The second-order valence-electron chi connectivity index (χ2n) is 8.36. The van der Waals surface area contributed by atoms with Crippen LogP contribution in [0.3, 0.4) is 0 Å². The van der Waals surface area contributed by atoms with Crippen molar-refractivity contribution in [3.63, 3.8) is 0 Å². The summed E-state index contributed by atoms with van der Waals surface area (Å²) in [6.45, 7) is 7.62. The molecule has 2 rings (SSSR count). The Bertz CT molecular complexity index is 817. The number of benzene rings is 2. The number of ether oxygens (including phenoxy) is 9. The van der Waals surface area contributed by atoms with E-state index in [0.29, 0.717) is 128 Å². The largest absolute Gasteiger partial charge is 0.491 e. The van der Waals surface area contributed by atoms with E-state index in [-0.39, 0.29) is 0 Å². The molecule has 11 nitrogen and oxygen atoms in total. The molecule has 228 valence electrons. The predicted molar refractivity (Wildman–Crippen MR) is 150 cm³/mol. The monoisotopic (exact) mass is 578 g/mol. The van der Waals surface area contributed by atoms with Crippen LogP contribution in [0.4, 0.5) is 0 Å². The first-order valence-corrected chi connectivity index (χ1v) is 13.7. The molecule has 0 unspecified atom stereocenters. The smallest absolute Gasteiger partial charge is 0.150 e. The summed E-state index contributed by atoms with van der Waals surface area (Å²) in [5, 5.41) is 0. The van der Waals surface area contributed by atoms with E-state index in [0.717, 1.165) is 12.6 Å². The summed E-state index contributed by atoms with van der Waals surface area (Å²) < 4.78 is 49.2. The molecular weight excluding hydrogens is 536 g/mol. The van der Waals surface area contributed by atoms with Crippen molar-refractivity contribution < 1.29 is 52.2 Å². The van der Waals surface area contributed by atoms with Crippen LogP contribution in [0, 0.1) is 0 Å². The number of hydrogen-bond acceptors (Lipinski definition) is 11. The molecular formula is C30H42O11. The van der Waals surface area contributed by atoms with Crippen molar-refractivity contribution in [3.8, 4) is 11.5 Å². The predicted octanol–water partition coefficient (Wildman–Crippen LogP) is 2.89. The number of carbonyl (C=O) groups is 2. The van der Waals surface area contributed by atoms with E-state index in [9.17, 15) is 9.59 Å². The van der Waals surface area contributed by atoms with Gasteiger partial charge in [0, 0.05) is 11.1 Å². The van der Waals surface area contributed by atoms with Gasteiger partial charge >= 0.3 is 0 Å². The fourth-order valence-corrected chi connectivity index (χ4v) is 3.14. The third-order valence-corrected chi connectivity index (χ3v) is 5.26. The molecule has 0 aromatic heterocycles. The molecule has 0 bridgehead atoms. The van der Waals surface area contributed by atoms with Gasteiger partial charge in [-0.3, -0.25) is 9.59 Å². The lowest BCUT2D eigenvalue weighted by molar-refractivity contribution is -0.0218. The Kier molecular flexibility index (Phi) is 20.8. The Morgan fingerprint density at radius 2 is 0.561 bits per heavy atom. The fraction of sp³-hybridized carbons (Fsp3) is 0.533. The number of hydrogen-bond donors (Lipinski definition) is 0. The number of aldehydes is 2. The lowest BCUT2D eigenvalue weighted by Crippen LogP contribution is -2.15. The second-order valence-corrected chi connectivity index (χ2v) is 8.36. The number of carbonyl (C=O) groups excluding carboxylic acids is 2. The minimum Gasteiger partial charge on any atom is -0.491 e. The Hall–Kier alpha value is -2.90. The van der Waals surface area contributed by atoms with Crippen LogP contribution in [-0.2, 0) is 33.2 Å². The average Bonchev–Trinajstić information content (AvgIpc) is 3.01. The zero-order valence-electron chi connectivity index (χ0n) is 23.6. The zero-order valence-corrected chi connectivity index (χ0v) is 23.6. The minimum absolute atomic E-state index is 0.429. The van der Waals surface area contributed by atoms with Gasteiger partial charge in [0.25, 0.3) is 0 Å². The summed E-state index contributed by atoms with van der Waals surface area (Å²) in [6, 6.07) is 13.8. The van der Waals surface area contributed by atoms with Crippen LogP contribution in [0.15, 0.2) is 48.5 Å². The molecule has 0 saturated heterocycles. The van der Waals surface area contributed by atoms with Gasteiger partial charge in [0.1, 0.15) is 37.3 Å². The van der Waals surface area contributed by atoms with Gasteiger partial charge in [-0.25, -0.2) is 0 Å². The molecule has 0 amide bonds. The molecule has 0 saturated carbocycles. The van der Waals surface area contributed by atoms with E-state index < -0.39 is 0 Å². The van der Waals surface area contributed by atoms with Gasteiger partial charge in [-0.1, -0.05) is 0 Å². The molecule has 2 aromatic rings.